The molecule has 2 aliphatic rings. The highest BCUT2D eigenvalue weighted by Crippen LogP contribution is 2.38. The van der Waals surface area contributed by atoms with Crippen LogP contribution >= 0.6 is 11.8 Å². The Labute approximate surface area is 113 Å². The molecule has 0 spiro atoms. The summed E-state index contributed by atoms with van der Waals surface area (Å²) in [5, 5.41) is 3.65. The van der Waals surface area contributed by atoms with Crippen LogP contribution in [0.2, 0.25) is 0 Å². The van der Waals surface area contributed by atoms with Crippen molar-refractivity contribution in [2.45, 2.75) is 30.3 Å². The van der Waals surface area contributed by atoms with Gasteiger partial charge in [0.2, 0.25) is 0 Å². The summed E-state index contributed by atoms with van der Waals surface area (Å²) in [5.74, 6) is 2.61. The Kier molecular flexibility index (Phi) is 3.92. The normalized spacial score (nSPS) is 30.6. The zero-order valence-corrected chi connectivity index (χ0v) is 11.7. The quantitative estimate of drug-likeness (QED) is 0.902. The lowest BCUT2D eigenvalue weighted by atomic mass is 10.00. The van der Waals surface area contributed by atoms with E-state index in [1.54, 1.807) is 0 Å². The number of ether oxygens (including phenoxy) is 1. The highest BCUT2D eigenvalue weighted by Gasteiger charge is 2.25. The number of benzene rings is 1. The maximum absolute atomic E-state index is 5.60. The van der Waals surface area contributed by atoms with Crippen molar-refractivity contribution in [3.63, 3.8) is 0 Å². The van der Waals surface area contributed by atoms with Gasteiger partial charge in [0.05, 0.1) is 6.10 Å². The van der Waals surface area contributed by atoms with Crippen LogP contribution in [0, 0.1) is 5.92 Å². The fourth-order valence-electron chi connectivity index (χ4n) is 2.89. The lowest BCUT2D eigenvalue weighted by molar-refractivity contribution is 0.105. The van der Waals surface area contributed by atoms with Crippen molar-refractivity contribution in [2.24, 2.45) is 5.92 Å². The summed E-state index contributed by atoms with van der Waals surface area (Å²) in [6.45, 7) is 5.34. The molecule has 1 N–H and O–H groups in total. The zero-order chi connectivity index (χ0) is 12.4. The van der Waals surface area contributed by atoms with E-state index in [0.29, 0.717) is 17.9 Å². The maximum Gasteiger partial charge on any atom is 0.0588 e. The maximum atomic E-state index is 5.60. The number of hydrogen-bond donors (Lipinski definition) is 1. The van der Waals surface area contributed by atoms with E-state index in [4.69, 9.17) is 4.74 Å². The smallest absolute Gasteiger partial charge is 0.0588 e. The van der Waals surface area contributed by atoms with Crippen LogP contribution in [0.3, 0.4) is 0 Å². The Bertz CT molecular complexity index is 409. The van der Waals surface area contributed by atoms with Crippen molar-refractivity contribution in [1.29, 1.82) is 0 Å². The highest BCUT2D eigenvalue weighted by molar-refractivity contribution is 7.99. The minimum atomic E-state index is 0.433. The van der Waals surface area contributed by atoms with E-state index in [1.165, 1.54) is 22.6 Å². The molecule has 1 fully saturated rings. The summed E-state index contributed by atoms with van der Waals surface area (Å²) in [6, 6.07) is 8.82. The first-order valence-electron chi connectivity index (χ1n) is 6.88. The van der Waals surface area contributed by atoms with Crippen LogP contribution in [0.4, 0.5) is 0 Å². The van der Waals surface area contributed by atoms with Crippen molar-refractivity contribution >= 4 is 11.8 Å². The fourth-order valence-corrected chi connectivity index (χ4v) is 4.14. The van der Waals surface area contributed by atoms with Crippen molar-refractivity contribution in [2.75, 3.05) is 25.4 Å². The summed E-state index contributed by atoms with van der Waals surface area (Å²) in [4.78, 5) is 1.47. The summed E-state index contributed by atoms with van der Waals surface area (Å²) < 4.78 is 5.60. The highest BCUT2D eigenvalue weighted by atomic mass is 32.2. The molecule has 3 atom stereocenters. The molecule has 0 saturated carbocycles. The molecule has 0 bridgehead atoms. The van der Waals surface area contributed by atoms with Gasteiger partial charge in [-0.1, -0.05) is 18.2 Å². The molecule has 0 aliphatic carbocycles. The van der Waals surface area contributed by atoms with Gasteiger partial charge in [0.1, 0.15) is 0 Å². The van der Waals surface area contributed by atoms with E-state index in [1.807, 2.05) is 11.8 Å². The minimum Gasteiger partial charge on any atom is -0.378 e. The zero-order valence-electron chi connectivity index (χ0n) is 10.9. The number of thioether (sulfide) groups is 1. The molecular formula is C15H21NOS. The van der Waals surface area contributed by atoms with Gasteiger partial charge in [-0.15, -0.1) is 11.8 Å². The van der Waals surface area contributed by atoms with Gasteiger partial charge in [-0.3, -0.25) is 0 Å². The largest absolute Gasteiger partial charge is 0.378 e. The second-order valence-electron chi connectivity index (χ2n) is 5.33. The first-order chi connectivity index (χ1) is 8.84. The Morgan fingerprint density at radius 3 is 3.06 bits per heavy atom. The summed E-state index contributed by atoms with van der Waals surface area (Å²) in [6.07, 6.45) is 1.65. The van der Waals surface area contributed by atoms with Crippen molar-refractivity contribution < 1.29 is 4.74 Å². The lowest BCUT2D eigenvalue weighted by Gasteiger charge is -2.17. The van der Waals surface area contributed by atoms with Gasteiger partial charge < -0.3 is 10.1 Å². The SMILES string of the molecule is CC1OCCC1CNCC1CSc2ccccc21. The van der Waals surface area contributed by atoms with E-state index >= 15 is 0 Å². The predicted molar refractivity (Wildman–Crippen MR) is 76.3 cm³/mol. The van der Waals surface area contributed by atoms with E-state index in [0.717, 1.165) is 19.7 Å². The van der Waals surface area contributed by atoms with Crippen LogP contribution in [0.15, 0.2) is 29.2 Å². The first kappa shape index (κ1) is 12.5. The Morgan fingerprint density at radius 1 is 1.33 bits per heavy atom. The number of rotatable bonds is 4. The van der Waals surface area contributed by atoms with Crippen molar-refractivity contribution in [3.05, 3.63) is 29.8 Å². The Balaban J connectivity index is 1.50. The molecule has 0 radical (unpaired) electrons. The van der Waals surface area contributed by atoms with Gasteiger partial charge >= 0.3 is 0 Å². The lowest BCUT2D eigenvalue weighted by Crippen LogP contribution is -2.30. The third-order valence-electron chi connectivity index (χ3n) is 4.13. The monoisotopic (exact) mass is 263 g/mol. The Morgan fingerprint density at radius 2 is 2.22 bits per heavy atom. The van der Waals surface area contributed by atoms with Gasteiger partial charge in [-0.25, -0.2) is 0 Å². The molecule has 1 aromatic carbocycles. The molecule has 0 aromatic heterocycles. The second kappa shape index (κ2) is 5.64. The van der Waals surface area contributed by atoms with Crippen LogP contribution in [0.1, 0.15) is 24.8 Å². The van der Waals surface area contributed by atoms with E-state index in [2.05, 4.69) is 36.5 Å². The number of nitrogens with one attached hydrogen (secondary N) is 1. The van der Waals surface area contributed by atoms with E-state index in [-0.39, 0.29) is 0 Å². The van der Waals surface area contributed by atoms with Gasteiger partial charge in [-0.2, -0.15) is 0 Å². The minimum absolute atomic E-state index is 0.433. The molecule has 0 amide bonds. The third-order valence-corrected chi connectivity index (χ3v) is 5.38. The van der Waals surface area contributed by atoms with Crippen LogP contribution in [0.25, 0.3) is 0 Å². The summed E-state index contributed by atoms with van der Waals surface area (Å²) in [7, 11) is 0. The van der Waals surface area contributed by atoms with Crippen LogP contribution in [-0.4, -0.2) is 31.6 Å². The fraction of sp³-hybridized carbons (Fsp3) is 0.600. The molecule has 2 nitrogen and oxygen atoms in total. The molecule has 3 unspecified atom stereocenters. The van der Waals surface area contributed by atoms with Gasteiger partial charge in [0.15, 0.2) is 0 Å². The average molecular weight is 263 g/mol. The molecule has 1 saturated heterocycles. The van der Waals surface area contributed by atoms with Crippen molar-refractivity contribution in [3.8, 4) is 0 Å². The van der Waals surface area contributed by atoms with E-state index in [9.17, 15) is 0 Å². The number of hydrogen-bond acceptors (Lipinski definition) is 3. The van der Waals surface area contributed by atoms with Crippen LogP contribution in [-0.2, 0) is 4.74 Å². The molecule has 18 heavy (non-hydrogen) atoms. The second-order valence-corrected chi connectivity index (χ2v) is 6.39. The van der Waals surface area contributed by atoms with Gasteiger partial charge in [0.25, 0.3) is 0 Å². The van der Waals surface area contributed by atoms with Crippen LogP contribution < -0.4 is 5.32 Å². The topological polar surface area (TPSA) is 21.3 Å². The summed E-state index contributed by atoms with van der Waals surface area (Å²) in [5.41, 5.74) is 1.53. The molecule has 3 heteroatoms. The average Bonchev–Trinajstić information content (AvgIpc) is 2.97. The molecule has 2 heterocycles. The molecular weight excluding hydrogens is 242 g/mol. The van der Waals surface area contributed by atoms with Crippen molar-refractivity contribution in [1.82, 2.24) is 5.32 Å². The molecule has 1 aromatic rings. The molecule has 98 valence electrons. The summed E-state index contributed by atoms with van der Waals surface area (Å²) >= 11 is 1.99. The predicted octanol–water partition coefficient (Wildman–Crippen LogP) is 2.89. The van der Waals surface area contributed by atoms with Gasteiger partial charge in [-0.05, 0) is 30.9 Å². The van der Waals surface area contributed by atoms with Crippen LogP contribution in [0.5, 0.6) is 0 Å². The molecule has 2 aliphatic heterocycles. The first-order valence-corrected chi connectivity index (χ1v) is 7.87. The third kappa shape index (κ3) is 2.58. The standard InChI is InChI=1S/C15H21NOS/c1-11-12(6-7-17-11)8-16-9-13-10-18-15-5-3-2-4-14(13)15/h2-5,11-13,16H,6-10H2,1H3. The van der Waals surface area contributed by atoms with E-state index < -0.39 is 0 Å². The Hall–Kier alpha value is -0.510. The van der Waals surface area contributed by atoms with Gasteiger partial charge in [0, 0.05) is 36.3 Å². The molecule has 3 rings (SSSR count). The number of fused-ring (bicyclic) bond motifs is 1.